The zero-order valence-corrected chi connectivity index (χ0v) is 17.7. The third-order valence-electron chi connectivity index (χ3n) is 4.96. The van der Waals surface area contributed by atoms with Crippen molar-refractivity contribution in [2.24, 2.45) is 11.7 Å². The standard InChI is InChI=1S/C19H28N4O2.2ClH/c1-12(2)23-16-7-5-4-6-15(16)22-18(23)13(3)21-19(24)17(20)14-8-10-25-11-9-14;;/h4-7,12-14,17H,8-11,20H2,1-3H3,(H,21,24);2*1H. The van der Waals surface area contributed by atoms with Crippen LogP contribution in [0.15, 0.2) is 24.3 Å². The average molecular weight is 417 g/mol. The van der Waals surface area contributed by atoms with Crippen molar-refractivity contribution < 1.29 is 9.53 Å². The van der Waals surface area contributed by atoms with Crippen LogP contribution < -0.4 is 11.1 Å². The second-order valence-corrected chi connectivity index (χ2v) is 7.13. The van der Waals surface area contributed by atoms with Gasteiger partial charge in [-0.25, -0.2) is 4.98 Å². The molecule has 152 valence electrons. The summed E-state index contributed by atoms with van der Waals surface area (Å²) < 4.78 is 7.54. The zero-order chi connectivity index (χ0) is 18.0. The van der Waals surface area contributed by atoms with Gasteiger partial charge >= 0.3 is 0 Å². The van der Waals surface area contributed by atoms with Gasteiger partial charge in [0.15, 0.2) is 0 Å². The highest BCUT2D eigenvalue weighted by atomic mass is 35.5. The number of carbonyl (C=O) groups is 1. The molecule has 2 heterocycles. The lowest BCUT2D eigenvalue weighted by Crippen LogP contribution is -2.48. The number of hydrogen-bond acceptors (Lipinski definition) is 4. The summed E-state index contributed by atoms with van der Waals surface area (Å²) in [6.45, 7) is 7.59. The molecule has 0 bridgehead atoms. The van der Waals surface area contributed by atoms with Gasteiger partial charge in [0.1, 0.15) is 5.82 Å². The number of halogens is 2. The van der Waals surface area contributed by atoms with Crippen molar-refractivity contribution >= 4 is 41.8 Å². The molecule has 1 aromatic carbocycles. The Kier molecular flexibility index (Phi) is 9.02. The molecule has 0 spiro atoms. The average Bonchev–Trinajstić information content (AvgIpc) is 3.01. The monoisotopic (exact) mass is 416 g/mol. The van der Waals surface area contributed by atoms with E-state index in [1.54, 1.807) is 0 Å². The zero-order valence-electron chi connectivity index (χ0n) is 16.1. The van der Waals surface area contributed by atoms with Gasteiger partial charge in [-0.3, -0.25) is 4.79 Å². The van der Waals surface area contributed by atoms with Crippen LogP contribution in [0, 0.1) is 5.92 Å². The number of carbonyl (C=O) groups excluding carboxylic acids is 1. The van der Waals surface area contributed by atoms with Crippen LogP contribution in [0.5, 0.6) is 0 Å². The summed E-state index contributed by atoms with van der Waals surface area (Å²) in [6.07, 6.45) is 1.68. The molecule has 1 aromatic heterocycles. The number of hydrogen-bond donors (Lipinski definition) is 2. The number of nitrogens with zero attached hydrogens (tertiary/aromatic N) is 2. The van der Waals surface area contributed by atoms with Gasteiger partial charge in [0, 0.05) is 19.3 Å². The molecule has 1 fully saturated rings. The molecule has 0 radical (unpaired) electrons. The Morgan fingerprint density at radius 1 is 1.22 bits per heavy atom. The number of benzene rings is 1. The fourth-order valence-corrected chi connectivity index (χ4v) is 3.57. The highest BCUT2D eigenvalue weighted by molar-refractivity contribution is 5.85. The lowest BCUT2D eigenvalue weighted by atomic mass is 9.91. The van der Waals surface area contributed by atoms with Crippen molar-refractivity contribution in [3.8, 4) is 0 Å². The Hall–Kier alpha value is -1.34. The van der Waals surface area contributed by atoms with E-state index in [4.69, 9.17) is 15.5 Å². The molecule has 2 atom stereocenters. The van der Waals surface area contributed by atoms with Crippen LogP contribution >= 0.6 is 24.8 Å². The highest BCUT2D eigenvalue weighted by Gasteiger charge is 2.28. The molecule has 1 aliphatic rings. The van der Waals surface area contributed by atoms with Gasteiger partial charge < -0.3 is 20.4 Å². The fourth-order valence-electron chi connectivity index (χ4n) is 3.57. The maximum Gasteiger partial charge on any atom is 0.237 e. The third kappa shape index (κ3) is 5.13. The first-order valence-corrected chi connectivity index (χ1v) is 9.09. The number of rotatable bonds is 5. The van der Waals surface area contributed by atoms with Gasteiger partial charge in [0.2, 0.25) is 5.91 Å². The van der Waals surface area contributed by atoms with E-state index in [9.17, 15) is 4.79 Å². The van der Waals surface area contributed by atoms with Crippen LogP contribution in [0.2, 0.25) is 0 Å². The van der Waals surface area contributed by atoms with Gasteiger partial charge in [-0.2, -0.15) is 0 Å². The van der Waals surface area contributed by atoms with E-state index in [-0.39, 0.29) is 48.7 Å². The summed E-state index contributed by atoms with van der Waals surface area (Å²) in [7, 11) is 0. The van der Waals surface area contributed by atoms with E-state index in [1.165, 1.54) is 0 Å². The number of aromatic nitrogens is 2. The molecule has 8 heteroatoms. The predicted octanol–water partition coefficient (Wildman–Crippen LogP) is 3.39. The second-order valence-electron chi connectivity index (χ2n) is 7.13. The maximum absolute atomic E-state index is 12.6. The van der Waals surface area contributed by atoms with Gasteiger partial charge in [-0.1, -0.05) is 12.1 Å². The normalized spacial score (nSPS) is 17.1. The van der Waals surface area contributed by atoms with Crippen LogP contribution in [0.25, 0.3) is 11.0 Å². The molecule has 2 unspecified atom stereocenters. The van der Waals surface area contributed by atoms with Crippen LogP contribution in [-0.4, -0.2) is 34.7 Å². The molecular formula is C19H30Cl2N4O2. The largest absolute Gasteiger partial charge is 0.381 e. The van der Waals surface area contributed by atoms with E-state index in [1.807, 2.05) is 25.1 Å². The third-order valence-corrected chi connectivity index (χ3v) is 4.96. The molecule has 3 N–H and O–H groups in total. The molecule has 1 amide bonds. The van der Waals surface area contributed by atoms with Gasteiger partial charge in [-0.05, 0) is 51.7 Å². The van der Waals surface area contributed by atoms with E-state index < -0.39 is 6.04 Å². The SMILES string of the molecule is CC(NC(=O)C(N)C1CCOCC1)c1nc2ccccc2n1C(C)C.Cl.Cl. The lowest BCUT2D eigenvalue weighted by Gasteiger charge is -2.28. The van der Waals surface area contributed by atoms with Crippen molar-refractivity contribution in [3.63, 3.8) is 0 Å². The maximum atomic E-state index is 12.6. The van der Waals surface area contributed by atoms with Gasteiger partial charge in [0.05, 0.1) is 23.1 Å². The van der Waals surface area contributed by atoms with Crippen molar-refractivity contribution in [2.75, 3.05) is 13.2 Å². The van der Waals surface area contributed by atoms with Crippen molar-refractivity contribution in [3.05, 3.63) is 30.1 Å². The van der Waals surface area contributed by atoms with Crippen LogP contribution in [0.3, 0.4) is 0 Å². The first-order valence-electron chi connectivity index (χ1n) is 9.09. The first kappa shape index (κ1) is 23.7. The molecule has 6 nitrogen and oxygen atoms in total. The second kappa shape index (κ2) is 10.3. The van der Waals surface area contributed by atoms with E-state index in [2.05, 4.69) is 29.8 Å². The number of amides is 1. The van der Waals surface area contributed by atoms with Crippen molar-refractivity contribution in [1.29, 1.82) is 0 Å². The summed E-state index contributed by atoms with van der Waals surface area (Å²) in [6, 6.07) is 7.61. The topological polar surface area (TPSA) is 82.2 Å². The summed E-state index contributed by atoms with van der Waals surface area (Å²) in [5.41, 5.74) is 8.23. The van der Waals surface area contributed by atoms with Crippen molar-refractivity contribution in [1.82, 2.24) is 14.9 Å². The summed E-state index contributed by atoms with van der Waals surface area (Å²) in [4.78, 5) is 17.4. The number of imidazole rings is 1. The number of nitrogens with one attached hydrogen (secondary N) is 1. The van der Waals surface area contributed by atoms with E-state index >= 15 is 0 Å². The fraction of sp³-hybridized carbons (Fsp3) is 0.579. The van der Waals surface area contributed by atoms with Crippen LogP contribution in [0.1, 0.15) is 51.5 Å². The van der Waals surface area contributed by atoms with Crippen LogP contribution in [0.4, 0.5) is 0 Å². The molecule has 1 saturated heterocycles. The van der Waals surface area contributed by atoms with E-state index in [0.717, 1.165) is 29.7 Å². The summed E-state index contributed by atoms with van der Waals surface area (Å²) >= 11 is 0. The highest BCUT2D eigenvalue weighted by Crippen LogP contribution is 2.25. The van der Waals surface area contributed by atoms with Gasteiger partial charge in [-0.15, -0.1) is 24.8 Å². The Balaban J connectivity index is 0.00000182. The molecule has 0 saturated carbocycles. The molecule has 27 heavy (non-hydrogen) atoms. The molecular weight excluding hydrogens is 387 g/mol. The Bertz CT molecular complexity index is 744. The minimum atomic E-state index is -0.497. The lowest BCUT2D eigenvalue weighted by molar-refractivity contribution is -0.125. The Morgan fingerprint density at radius 3 is 2.48 bits per heavy atom. The smallest absolute Gasteiger partial charge is 0.237 e. The molecule has 1 aliphatic heterocycles. The minimum absolute atomic E-state index is 0. The van der Waals surface area contributed by atoms with Gasteiger partial charge in [0.25, 0.3) is 0 Å². The number of fused-ring (bicyclic) bond motifs is 1. The summed E-state index contributed by atoms with van der Waals surface area (Å²) in [5, 5.41) is 3.06. The summed E-state index contributed by atoms with van der Waals surface area (Å²) in [5.74, 6) is 0.940. The van der Waals surface area contributed by atoms with Crippen LogP contribution in [-0.2, 0) is 9.53 Å². The molecule has 3 rings (SSSR count). The Labute approximate surface area is 173 Å². The minimum Gasteiger partial charge on any atom is -0.381 e. The Morgan fingerprint density at radius 2 is 1.85 bits per heavy atom. The van der Waals surface area contributed by atoms with Crippen molar-refractivity contribution in [2.45, 2.75) is 51.7 Å². The quantitative estimate of drug-likeness (QED) is 0.782. The number of ether oxygens (including phenoxy) is 1. The first-order chi connectivity index (χ1) is 12.0. The number of nitrogens with two attached hydrogens (primary N) is 1. The predicted molar refractivity (Wildman–Crippen MR) is 113 cm³/mol. The molecule has 2 aromatic rings. The molecule has 0 aliphatic carbocycles. The number of para-hydroxylation sites is 2. The van der Waals surface area contributed by atoms with E-state index in [0.29, 0.717) is 13.2 Å².